The molecule has 3 rings (SSSR count). The highest BCUT2D eigenvalue weighted by atomic mass is 19.1. The molecule has 1 aliphatic rings. The molecular formula is C17H22FN. The molecule has 19 heavy (non-hydrogen) atoms. The first-order valence-corrected chi connectivity index (χ1v) is 7.28. The van der Waals surface area contributed by atoms with Gasteiger partial charge in [-0.25, -0.2) is 4.39 Å². The molecule has 1 aliphatic carbocycles. The van der Waals surface area contributed by atoms with Crippen molar-refractivity contribution in [3.05, 3.63) is 41.3 Å². The van der Waals surface area contributed by atoms with E-state index in [1.807, 2.05) is 32.9 Å². The third kappa shape index (κ3) is 3.12. The maximum Gasteiger partial charge on any atom is 0.128 e. The lowest BCUT2D eigenvalue weighted by Gasteiger charge is -2.08. The van der Waals surface area contributed by atoms with E-state index in [2.05, 4.69) is 4.98 Å². The highest BCUT2D eigenvalue weighted by molar-refractivity contribution is 5.84. The minimum absolute atomic E-state index is 0.101. The molecule has 1 nitrogen and oxygen atoms in total. The summed E-state index contributed by atoms with van der Waals surface area (Å²) >= 11 is 0. The third-order valence-electron chi connectivity index (χ3n) is 3.68. The third-order valence-corrected chi connectivity index (χ3v) is 3.68. The van der Waals surface area contributed by atoms with Gasteiger partial charge in [0.05, 0.1) is 5.52 Å². The lowest BCUT2D eigenvalue weighted by atomic mass is 10.0. The molecule has 0 saturated heterocycles. The van der Waals surface area contributed by atoms with E-state index in [0.29, 0.717) is 0 Å². The summed E-state index contributed by atoms with van der Waals surface area (Å²) in [5.74, 6) is 0.728. The fourth-order valence-electron chi connectivity index (χ4n) is 2.38. The van der Waals surface area contributed by atoms with Crippen molar-refractivity contribution in [3.63, 3.8) is 0 Å². The summed E-state index contributed by atoms with van der Waals surface area (Å²) in [6.45, 7) is 6.05. The van der Waals surface area contributed by atoms with Crippen molar-refractivity contribution in [1.29, 1.82) is 0 Å². The van der Waals surface area contributed by atoms with Gasteiger partial charge in [-0.1, -0.05) is 26.7 Å². The van der Waals surface area contributed by atoms with E-state index in [9.17, 15) is 4.39 Å². The van der Waals surface area contributed by atoms with E-state index in [-0.39, 0.29) is 5.82 Å². The van der Waals surface area contributed by atoms with Gasteiger partial charge in [0.15, 0.2) is 0 Å². The van der Waals surface area contributed by atoms with Crippen LogP contribution in [0.5, 0.6) is 0 Å². The minimum Gasteiger partial charge on any atom is -0.256 e. The fraction of sp³-hybridized carbons (Fsp3) is 0.471. The van der Waals surface area contributed by atoms with Crippen LogP contribution in [0.3, 0.4) is 0 Å². The number of hydrogen-bond acceptors (Lipinski definition) is 1. The van der Waals surface area contributed by atoms with Crippen LogP contribution in [-0.2, 0) is 6.42 Å². The second kappa shape index (κ2) is 6.14. The van der Waals surface area contributed by atoms with Crippen molar-refractivity contribution in [1.82, 2.24) is 4.98 Å². The molecule has 2 aromatic rings. The zero-order valence-corrected chi connectivity index (χ0v) is 12.0. The van der Waals surface area contributed by atoms with Crippen LogP contribution in [0.2, 0.25) is 0 Å². The molecule has 0 aliphatic heterocycles. The number of benzene rings is 1. The van der Waals surface area contributed by atoms with Crippen LogP contribution in [0.25, 0.3) is 10.9 Å². The number of aryl methyl sites for hydroxylation is 2. The molecule has 0 unspecified atom stereocenters. The van der Waals surface area contributed by atoms with Crippen molar-refractivity contribution in [2.45, 2.75) is 46.5 Å². The molecule has 1 aromatic heterocycles. The first-order chi connectivity index (χ1) is 9.25. The van der Waals surface area contributed by atoms with Gasteiger partial charge in [0.2, 0.25) is 0 Å². The van der Waals surface area contributed by atoms with E-state index < -0.39 is 0 Å². The van der Waals surface area contributed by atoms with E-state index in [1.54, 1.807) is 12.3 Å². The van der Waals surface area contributed by atoms with Crippen LogP contribution in [0.15, 0.2) is 24.4 Å². The molecule has 1 heterocycles. The summed E-state index contributed by atoms with van der Waals surface area (Å²) in [4.78, 5) is 4.36. The molecule has 0 atom stereocenters. The largest absolute Gasteiger partial charge is 0.256 e. The molecule has 0 radical (unpaired) electrons. The molecular weight excluding hydrogens is 237 g/mol. The molecule has 0 bridgehead atoms. The number of hydrogen-bond donors (Lipinski definition) is 0. The topological polar surface area (TPSA) is 12.9 Å². The molecule has 0 amide bonds. The zero-order valence-electron chi connectivity index (χ0n) is 12.0. The number of fused-ring (bicyclic) bond motifs is 1. The minimum atomic E-state index is -0.101. The van der Waals surface area contributed by atoms with Crippen LogP contribution in [0, 0.1) is 18.7 Å². The van der Waals surface area contributed by atoms with Crippen molar-refractivity contribution in [2.24, 2.45) is 5.92 Å². The highest BCUT2D eigenvalue weighted by Crippen LogP contribution is 2.34. The quantitative estimate of drug-likeness (QED) is 0.751. The average Bonchev–Trinajstić information content (AvgIpc) is 3.24. The maximum absolute atomic E-state index is 13.9. The van der Waals surface area contributed by atoms with Gasteiger partial charge >= 0.3 is 0 Å². The smallest absolute Gasteiger partial charge is 0.128 e. The van der Waals surface area contributed by atoms with E-state index >= 15 is 0 Å². The Morgan fingerprint density at radius 3 is 2.63 bits per heavy atom. The Balaban J connectivity index is 0.000000637. The summed E-state index contributed by atoms with van der Waals surface area (Å²) in [5.41, 5.74) is 2.83. The zero-order chi connectivity index (χ0) is 13.8. The SMILES string of the molecule is CC.Cc1ccnc2c(CCC3CC3)c(F)ccc12. The van der Waals surface area contributed by atoms with Gasteiger partial charge < -0.3 is 0 Å². The van der Waals surface area contributed by atoms with E-state index in [0.717, 1.165) is 35.2 Å². The van der Waals surface area contributed by atoms with Crippen LogP contribution < -0.4 is 0 Å². The predicted molar refractivity (Wildman–Crippen MR) is 78.8 cm³/mol. The molecule has 1 aromatic carbocycles. The summed E-state index contributed by atoms with van der Waals surface area (Å²) in [5, 5.41) is 1.08. The lowest BCUT2D eigenvalue weighted by molar-refractivity contribution is 0.600. The van der Waals surface area contributed by atoms with Gasteiger partial charge in [-0.2, -0.15) is 0 Å². The van der Waals surface area contributed by atoms with E-state index in [4.69, 9.17) is 0 Å². The normalized spacial score (nSPS) is 14.1. The first-order valence-electron chi connectivity index (χ1n) is 7.28. The van der Waals surface area contributed by atoms with Gasteiger partial charge in [-0.05, 0) is 49.4 Å². The Kier molecular flexibility index (Phi) is 4.52. The Labute approximate surface area is 114 Å². The van der Waals surface area contributed by atoms with Crippen LogP contribution in [0.4, 0.5) is 4.39 Å². The van der Waals surface area contributed by atoms with Crippen LogP contribution in [-0.4, -0.2) is 4.98 Å². The molecule has 0 spiro atoms. The van der Waals surface area contributed by atoms with Crippen molar-refractivity contribution >= 4 is 10.9 Å². The summed E-state index contributed by atoms with van der Waals surface area (Å²) < 4.78 is 13.9. The van der Waals surface area contributed by atoms with Gasteiger partial charge in [0.1, 0.15) is 5.82 Å². The van der Waals surface area contributed by atoms with E-state index in [1.165, 1.54) is 18.4 Å². The van der Waals surface area contributed by atoms with Gasteiger partial charge in [-0.15, -0.1) is 0 Å². The van der Waals surface area contributed by atoms with Crippen LogP contribution >= 0.6 is 0 Å². The molecule has 1 fully saturated rings. The van der Waals surface area contributed by atoms with Gasteiger partial charge in [-0.3, -0.25) is 4.98 Å². The monoisotopic (exact) mass is 259 g/mol. The van der Waals surface area contributed by atoms with Gasteiger partial charge in [0.25, 0.3) is 0 Å². The number of rotatable bonds is 3. The number of nitrogens with zero attached hydrogens (tertiary/aromatic N) is 1. The number of pyridine rings is 1. The summed E-state index contributed by atoms with van der Waals surface area (Å²) in [6, 6.07) is 5.40. The highest BCUT2D eigenvalue weighted by Gasteiger charge is 2.22. The summed E-state index contributed by atoms with van der Waals surface area (Å²) in [6.07, 6.45) is 6.34. The second-order valence-electron chi connectivity index (χ2n) is 5.03. The van der Waals surface area contributed by atoms with Crippen molar-refractivity contribution in [3.8, 4) is 0 Å². The van der Waals surface area contributed by atoms with Crippen LogP contribution in [0.1, 0.15) is 44.2 Å². The molecule has 1 saturated carbocycles. The lowest BCUT2D eigenvalue weighted by Crippen LogP contribution is -1.96. The number of halogens is 1. The fourth-order valence-corrected chi connectivity index (χ4v) is 2.38. The standard InChI is InChI=1S/C15H16FN.C2H6/c1-10-8-9-17-15-12(10)6-7-14(16)13(15)5-4-11-2-3-11;1-2/h6-9,11H,2-5H2,1H3;1-2H3. The molecule has 102 valence electrons. The van der Waals surface area contributed by atoms with Crippen molar-refractivity contribution < 1.29 is 4.39 Å². The second-order valence-corrected chi connectivity index (χ2v) is 5.03. The van der Waals surface area contributed by atoms with Crippen molar-refractivity contribution in [2.75, 3.05) is 0 Å². The average molecular weight is 259 g/mol. The number of aromatic nitrogens is 1. The summed E-state index contributed by atoms with van der Waals surface area (Å²) in [7, 11) is 0. The molecule has 0 N–H and O–H groups in total. The Morgan fingerprint density at radius 1 is 1.21 bits per heavy atom. The Hall–Kier alpha value is -1.44. The molecule has 2 heteroatoms. The first kappa shape index (κ1) is 14.0. The predicted octanol–water partition coefficient (Wildman–Crippen LogP) is 5.05. The Morgan fingerprint density at radius 2 is 1.95 bits per heavy atom. The maximum atomic E-state index is 13.9. The van der Waals surface area contributed by atoms with Gasteiger partial charge in [0, 0.05) is 17.1 Å². The Bertz CT molecular complexity index is 558.